The molecule has 1 aliphatic heterocycles. The van der Waals surface area contributed by atoms with Gasteiger partial charge in [0.1, 0.15) is 6.10 Å². The van der Waals surface area contributed by atoms with Crippen LogP contribution in [0.1, 0.15) is 39.5 Å². The third-order valence-corrected chi connectivity index (χ3v) is 2.47. The topological polar surface area (TPSA) is 38.3 Å². The van der Waals surface area contributed by atoms with Crippen molar-refractivity contribution in [2.75, 3.05) is 6.61 Å². The Kier molecular flexibility index (Phi) is 4.22. The normalized spacial score (nSPS) is 25.2. The molecule has 1 rings (SSSR count). The standard InChI is InChI=1S/C10H19NO2/c1-3-8(2)11-10(12)9-6-4-5-7-13-9/h8-9H,3-7H2,1-2H3,(H,11,12). The molecule has 0 aromatic rings. The quantitative estimate of drug-likeness (QED) is 0.723. The summed E-state index contributed by atoms with van der Waals surface area (Å²) >= 11 is 0. The fourth-order valence-electron chi connectivity index (χ4n) is 1.39. The van der Waals surface area contributed by atoms with E-state index in [4.69, 9.17) is 4.74 Å². The van der Waals surface area contributed by atoms with Crippen molar-refractivity contribution in [2.24, 2.45) is 0 Å². The molecule has 2 atom stereocenters. The lowest BCUT2D eigenvalue weighted by molar-refractivity contribution is -0.136. The molecular formula is C10H19NO2. The van der Waals surface area contributed by atoms with Crippen LogP contribution in [0.15, 0.2) is 0 Å². The van der Waals surface area contributed by atoms with Crippen molar-refractivity contribution >= 4 is 5.91 Å². The van der Waals surface area contributed by atoms with Crippen LogP contribution >= 0.6 is 0 Å². The molecule has 2 unspecified atom stereocenters. The van der Waals surface area contributed by atoms with Crippen LogP contribution in [-0.2, 0) is 9.53 Å². The summed E-state index contributed by atoms with van der Waals surface area (Å²) in [5.74, 6) is 0.0639. The van der Waals surface area contributed by atoms with Gasteiger partial charge in [-0.1, -0.05) is 6.92 Å². The maximum Gasteiger partial charge on any atom is 0.249 e. The number of rotatable bonds is 3. The summed E-state index contributed by atoms with van der Waals surface area (Å²) in [6, 6.07) is 0.262. The van der Waals surface area contributed by atoms with E-state index in [1.165, 1.54) is 0 Å². The maximum atomic E-state index is 11.5. The summed E-state index contributed by atoms with van der Waals surface area (Å²) in [7, 11) is 0. The van der Waals surface area contributed by atoms with E-state index < -0.39 is 0 Å². The molecule has 3 heteroatoms. The van der Waals surface area contributed by atoms with Crippen LogP contribution in [-0.4, -0.2) is 24.7 Å². The van der Waals surface area contributed by atoms with E-state index in [1.54, 1.807) is 0 Å². The van der Waals surface area contributed by atoms with Crippen molar-refractivity contribution in [3.63, 3.8) is 0 Å². The highest BCUT2D eigenvalue weighted by molar-refractivity contribution is 5.81. The van der Waals surface area contributed by atoms with Gasteiger partial charge < -0.3 is 10.1 Å². The van der Waals surface area contributed by atoms with Gasteiger partial charge in [0.15, 0.2) is 0 Å². The molecule has 1 N–H and O–H groups in total. The Morgan fingerprint density at radius 3 is 2.92 bits per heavy atom. The van der Waals surface area contributed by atoms with E-state index in [0.717, 1.165) is 32.3 Å². The van der Waals surface area contributed by atoms with E-state index in [0.29, 0.717) is 0 Å². The predicted octanol–water partition coefficient (Wildman–Crippen LogP) is 1.47. The number of ether oxygens (including phenoxy) is 1. The molecule has 3 nitrogen and oxygen atoms in total. The Morgan fingerprint density at radius 1 is 1.62 bits per heavy atom. The molecule has 1 aliphatic rings. The van der Waals surface area contributed by atoms with Crippen molar-refractivity contribution in [3.8, 4) is 0 Å². The van der Waals surface area contributed by atoms with Crippen molar-refractivity contribution in [1.29, 1.82) is 0 Å². The van der Waals surface area contributed by atoms with E-state index >= 15 is 0 Å². The molecule has 0 radical (unpaired) electrons. The summed E-state index contributed by atoms with van der Waals surface area (Å²) in [5.41, 5.74) is 0. The minimum absolute atomic E-state index is 0.0639. The first-order valence-electron chi connectivity index (χ1n) is 5.16. The molecule has 1 saturated heterocycles. The van der Waals surface area contributed by atoms with Gasteiger partial charge in [0.25, 0.3) is 0 Å². The number of hydrogen-bond donors (Lipinski definition) is 1. The van der Waals surface area contributed by atoms with Gasteiger partial charge in [-0.15, -0.1) is 0 Å². The lowest BCUT2D eigenvalue weighted by Crippen LogP contribution is -2.42. The molecule has 1 fully saturated rings. The summed E-state index contributed by atoms with van der Waals surface area (Å²) in [5, 5.41) is 2.94. The Morgan fingerprint density at radius 2 is 2.38 bits per heavy atom. The molecule has 1 heterocycles. The zero-order valence-electron chi connectivity index (χ0n) is 8.51. The lowest BCUT2D eigenvalue weighted by atomic mass is 10.1. The van der Waals surface area contributed by atoms with Gasteiger partial charge in [0.05, 0.1) is 0 Å². The number of amides is 1. The number of carbonyl (C=O) groups is 1. The zero-order valence-corrected chi connectivity index (χ0v) is 8.51. The van der Waals surface area contributed by atoms with Crippen molar-refractivity contribution in [1.82, 2.24) is 5.32 Å². The predicted molar refractivity (Wildman–Crippen MR) is 51.5 cm³/mol. The second kappa shape index (κ2) is 5.22. The maximum absolute atomic E-state index is 11.5. The average molecular weight is 185 g/mol. The third kappa shape index (κ3) is 3.35. The molecule has 1 amide bonds. The molecule has 0 aromatic carbocycles. The summed E-state index contributed by atoms with van der Waals surface area (Å²) in [6.45, 7) is 4.81. The van der Waals surface area contributed by atoms with Crippen LogP contribution in [0.2, 0.25) is 0 Å². The highest BCUT2D eigenvalue weighted by atomic mass is 16.5. The minimum atomic E-state index is -0.192. The molecular weight excluding hydrogens is 166 g/mol. The average Bonchev–Trinajstić information content (AvgIpc) is 2.19. The lowest BCUT2D eigenvalue weighted by Gasteiger charge is -2.23. The molecule has 0 aromatic heterocycles. The summed E-state index contributed by atoms with van der Waals surface area (Å²) < 4.78 is 5.37. The van der Waals surface area contributed by atoms with E-state index in [9.17, 15) is 4.79 Å². The summed E-state index contributed by atoms with van der Waals surface area (Å²) in [4.78, 5) is 11.5. The third-order valence-electron chi connectivity index (χ3n) is 2.47. The Labute approximate surface area is 79.8 Å². The highest BCUT2D eigenvalue weighted by Crippen LogP contribution is 2.12. The smallest absolute Gasteiger partial charge is 0.249 e. The molecule has 76 valence electrons. The zero-order chi connectivity index (χ0) is 9.68. The number of hydrogen-bond acceptors (Lipinski definition) is 2. The van der Waals surface area contributed by atoms with Gasteiger partial charge in [-0.25, -0.2) is 0 Å². The molecule has 0 bridgehead atoms. The first-order valence-corrected chi connectivity index (χ1v) is 5.16. The van der Waals surface area contributed by atoms with Crippen LogP contribution in [0, 0.1) is 0 Å². The van der Waals surface area contributed by atoms with Crippen LogP contribution in [0.4, 0.5) is 0 Å². The van der Waals surface area contributed by atoms with E-state index in [2.05, 4.69) is 12.2 Å². The van der Waals surface area contributed by atoms with Crippen LogP contribution in [0.5, 0.6) is 0 Å². The van der Waals surface area contributed by atoms with E-state index in [-0.39, 0.29) is 18.1 Å². The van der Waals surface area contributed by atoms with Gasteiger partial charge in [0, 0.05) is 12.6 Å². The van der Waals surface area contributed by atoms with Crippen LogP contribution in [0.3, 0.4) is 0 Å². The first kappa shape index (κ1) is 10.5. The fourth-order valence-corrected chi connectivity index (χ4v) is 1.39. The fraction of sp³-hybridized carbons (Fsp3) is 0.900. The number of nitrogens with one attached hydrogen (secondary N) is 1. The SMILES string of the molecule is CCC(C)NC(=O)C1CCCCO1. The van der Waals surface area contributed by atoms with Crippen molar-refractivity contribution in [3.05, 3.63) is 0 Å². The largest absolute Gasteiger partial charge is 0.368 e. The summed E-state index contributed by atoms with van der Waals surface area (Å²) in [6.07, 6.45) is 3.86. The minimum Gasteiger partial charge on any atom is -0.368 e. The van der Waals surface area contributed by atoms with Gasteiger partial charge in [-0.05, 0) is 32.6 Å². The van der Waals surface area contributed by atoms with Crippen LogP contribution in [0.25, 0.3) is 0 Å². The Bertz CT molecular complexity index is 164. The van der Waals surface area contributed by atoms with Gasteiger partial charge in [0.2, 0.25) is 5.91 Å². The molecule has 0 aliphatic carbocycles. The highest BCUT2D eigenvalue weighted by Gasteiger charge is 2.22. The van der Waals surface area contributed by atoms with Gasteiger partial charge >= 0.3 is 0 Å². The molecule has 0 spiro atoms. The van der Waals surface area contributed by atoms with Gasteiger partial charge in [-0.3, -0.25) is 4.79 Å². The molecule has 0 saturated carbocycles. The second-order valence-corrected chi connectivity index (χ2v) is 3.67. The van der Waals surface area contributed by atoms with Crippen molar-refractivity contribution < 1.29 is 9.53 Å². The van der Waals surface area contributed by atoms with Gasteiger partial charge in [-0.2, -0.15) is 0 Å². The van der Waals surface area contributed by atoms with Crippen LogP contribution < -0.4 is 5.32 Å². The Balaban J connectivity index is 2.29. The molecule has 13 heavy (non-hydrogen) atoms. The van der Waals surface area contributed by atoms with E-state index in [1.807, 2.05) is 6.92 Å². The van der Waals surface area contributed by atoms with Crippen molar-refractivity contribution in [2.45, 2.75) is 51.7 Å². The number of carbonyl (C=O) groups excluding carboxylic acids is 1. The monoisotopic (exact) mass is 185 g/mol. The Hall–Kier alpha value is -0.570. The second-order valence-electron chi connectivity index (χ2n) is 3.67. The first-order chi connectivity index (χ1) is 6.24.